The summed E-state index contributed by atoms with van der Waals surface area (Å²) in [5.74, 6) is -0.00910. The second-order valence-corrected chi connectivity index (χ2v) is 2.74. The average Bonchev–Trinajstić information content (AvgIpc) is 2.17. The number of rotatable bonds is 2. The summed E-state index contributed by atoms with van der Waals surface area (Å²) in [6, 6.07) is 7.84. The van der Waals surface area contributed by atoms with Gasteiger partial charge < -0.3 is 4.89 Å². The zero-order valence-electron chi connectivity index (χ0n) is 7.53. The monoisotopic (exact) mass is 193 g/mol. The Hall–Kier alpha value is -1.68. The summed E-state index contributed by atoms with van der Waals surface area (Å²) in [5.41, 5.74) is 0.541. The molecule has 0 aliphatic heterocycles. The maximum absolute atomic E-state index is 12.8. The Labute approximate surface area is 80.0 Å². The molecule has 0 aliphatic rings. The molecule has 0 N–H and O–H groups in total. The van der Waals surface area contributed by atoms with Gasteiger partial charge in [0.2, 0.25) is 0 Å². The van der Waals surface area contributed by atoms with Crippen molar-refractivity contribution in [1.29, 1.82) is 0 Å². The van der Waals surface area contributed by atoms with Crippen molar-refractivity contribution in [3.05, 3.63) is 36.1 Å². The van der Waals surface area contributed by atoms with Crippen molar-refractivity contribution in [2.24, 2.45) is 0 Å². The second kappa shape index (κ2) is 3.59. The lowest BCUT2D eigenvalue weighted by molar-refractivity contribution is -0.181. The SMILES string of the molecule is COOc1ccc2ccc(F)cc2n1. The van der Waals surface area contributed by atoms with E-state index in [-0.39, 0.29) is 5.82 Å². The van der Waals surface area contributed by atoms with E-state index in [0.29, 0.717) is 11.4 Å². The van der Waals surface area contributed by atoms with E-state index in [1.165, 1.54) is 19.2 Å². The van der Waals surface area contributed by atoms with Crippen LogP contribution >= 0.6 is 0 Å². The maximum Gasteiger partial charge on any atom is 0.256 e. The molecule has 0 fully saturated rings. The summed E-state index contributed by atoms with van der Waals surface area (Å²) >= 11 is 0. The molecular formula is C10H8FNO2. The van der Waals surface area contributed by atoms with Crippen LogP contribution in [-0.4, -0.2) is 12.1 Å². The number of aromatic nitrogens is 1. The number of fused-ring (bicyclic) bond motifs is 1. The molecule has 4 heteroatoms. The van der Waals surface area contributed by atoms with Crippen LogP contribution in [0.4, 0.5) is 4.39 Å². The van der Waals surface area contributed by atoms with E-state index < -0.39 is 0 Å². The van der Waals surface area contributed by atoms with Gasteiger partial charge in [0, 0.05) is 17.5 Å². The van der Waals surface area contributed by atoms with Crippen LogP contribution in [0.15, 0.2) is 30.3 Å². The van der Waals surface area contributed by atoms with Gasteiger partial charge in [-0.15, -0.1) is 0 Å². The quantitative estimate of drug-likeness (QED) is 0.541. The van der Waals surface area contributed by atoms with Crippen molar-refractivity contribution in [2.45, 2.75) is 0 Å². The largest absolute Gasteiger partial charge is 0.317 e. The molecule has 0 atom stereocenters. The second-order valence-electron chi connectivity index (χ2n) is 2.74. The van der Waals surface area contributed by atoms with E-state index in [2.05, 4.69) is 9.87 Å². The molecule has 1 heterocycles. The summed E-state index contributed by atoms with van der Waals surface area (Å²) in [6.45, 7) is 0. The van der Waals surface area contributed by atoms with Crippen molar-refractivity contribution >= 4 is 10.9 Å². The topological polar surface area (TPSA) is 31.4 Å². The van der Waals surface area contributed by atoms with E-state index in [9.17, 15) is 4.39 Å². The van der Waals surface area contributed by atoms with Gasteiger partial charge in [-0.3, -0.25) is 0 Å². The summed E-state index contributed by atoms with van der Waals surface area (Å²) in [7, 11) is 1.39. The number of benzene rings is 1. The lowest BCUT2D eigenvalue weighted by Gasteiger charge is -2.01. The summed E-state index contributed by atoms with van der Waals surface area (Å²) < 4.78 is 12.8. The molecular weight excluding hydrogens is 185 g/mol. The lowest BCUT2D eigenvalue weighted by Crippen LogP contribution is -1.93. The molecule has 0 spiro atoms. The van der Waals surface area contributed by atoms with Crippen molar-refractivity contribution in [1.82, 2.24) is 4.98 Å². The Kier molecular flexibility index (Phi) is 2.28. The van der Waals surface area contributed by atoms with Gasteiger partial charge in [0.05, 0.1) is 12.6 Å². The first-order valence-corrected chi connectivity index (χ1v) is 4.06. The molecule has 0 amide bonds. The minimum absolute atomic E-state index is 0.311. The van der Waals surface area contributed by atoms with Gasteiger partial charge in [0.15, 0.2) is 0 Å². The first-order valence-electron chi connectivity index (χ1n) is 4.06. The molecule has 1 aromatic heterocycles. The number of nitrogens with zero attached hydrogens (tertiary/aromatic N) is 1. The fraction of sp³-hybridized carbons (Fsp3) is 0.100. The molecule has 0 aliphatic carbocycles. The molecule has 0 saturated heterocycles. The average molecular weight is 193 g/mol. The van der Waals surface area contributed by atoms with Crippen LogP contribution in [0, 0.1) is 5.82 Å². The van der Waals surface area contributed by atoms with Crippen LogP contribution in [-0.2, 0) is 4.89 Å². The maximum atomic E-state index is 12.8. The van der Waals surface area contributed by atoms with Gasteiger partial charge in [-0.1, -0.05) is 0 Å². The molecule has 0 unspecified atom stereocenters. The molecule has 14 heavy (non-hydrogen) atoms. The van der Waals surface area contributed by atoms with Gasteiger partial charge in [-0.2, -0.15) is 4.89 Å². The van der Waals surface area contributed by atoms with Crippen LogP contribution in [0.1, 0.15) is 0 Å². The van der Waals surface area contributed by atoms with E-state index in [4.69, 9.17) is 4.89 Å². The van der Waals surface area contributed by atoms with Gasteiger partial charge in [-0.05, 0) is 18.2 Å². The Morgan fingerprint density at radius 3 is 2.79 bits per heavy atom. The predicted molar refractivity (Wildman–Crippen MR) is 49.3 cm³/mol. The number of hydrogen-bond donors (Lipinski definition) is 0. The van der Waals surface area contributed by atoms with Gasteiger partial charge >= 0.3 is 0 Å². The highest BCUT2D eigenvalue weighted by molar-refractivity contribution is 5.78. The van der Waals surface area contributed by atoms with E-state index >= 15 is 0 Å². The van der Waals surface area contributed by atoms with Crippen LogP contribution in [0.3, 0.4) is 0 Å². The Morgan fingerprint density at radius 1 is 1.21 bits per heavy atom. The molecule has 1 aromatic carbocycles. The van der Waals surface area contributed by atoms with Gasteiger partial charge in [0.25, 0.3) is 5.88 Å². The smallest absolute Gasteiger partial charge is 0.256 e. The van der Waals surface area contributed by atoms with Crippen molar-refractivity contribution in [2.75, 3.05) is 7.11 Å². The first kappa shape index (κ1) is 8.90. The third kappa shape index (κ3) is 1.65. The van der Waals surface area contributed by atoms with Crippen LogP contribution in [0.25, 0.3) is 10.9 Å². The predicted octanol–water partition coefficient (Wildman–Crippen LogP) is 2.31. The van der Waals surface area contributed by atoms with Crippen molar-refractivity contribution < 1.29 is 14.2 Å². The minimum Gasteiger partial charge on any atom is -0.317 e. The van der Waals surface area contributed by atoms with Gasteiger partial charge in [0.1, 0.15) is 5.82 Å². The van der Waals surface area contributed by atoms with Crippen LogP contribution in [0.5, 0.6) is 5.88 Å². The Balaban J connectivity index is 2.52. The molecule has 3 nitrogen and oxygen atoms in total. The summed E-state index contributed by atoms with van der Waals surface area (Å²) in [6.07, 6.45) is 0. The Morgan fingerprint density at radius 2 is 2.00 bits per heavy atom. The highest BCUT2D eigenvalue weighted by atomic mass is 19.1. The molecule has 0 bridgehead atoms. The minimum atomic E-state index is -0.320. The zero-order chi connectivity index (χ0) is 9.97. The van der Waals surface area contributed by atoms with Crippen LogP contribution in [0.2, 0.25) is 0 Å². The fourth-order valence-electron chi connectivity index (χ4n) is 1.20. The molecule has 0 saturated carbocycles. The third-order valence-corrected chi connectivity index (χ3v) is 1.80. The van der Waals surface area contributed by atoms with Gasteiger partial charge in [-0.25, -0.2) is 9.37 Å². The normalized spacial score (nSPS) is 10.4. The van der Waals surface area contributed by atoms with Crippen LogP contribution < -0.4 is 4.89 Å². The number of halogens is 1. The fourth-order valence-corrected chi connectivity index (χ4v) is 1.20. The number of hydrogen-bond acceptors (Lipinski definition) is 3. The van der Waals surface area contributed by atoms with E-state index in [0.717, 1.165) is 5.39 Å². The molecule has 72 valence electrons. The molecule has 0 radical (unpaired) electrons. The summed E-state index contributed by atoms with van der Waals surface area (Å²) in [5, 5.41) is 0.856. The standard InChI is InChI=1S/C10H8FNO2/c1-13-14-10-5-3-7-2-4-8(11)6-9(7)12-10/h2-6H,1H3. The van der Waals surface area contributed by atoms with Crippen molar-refractivity contribution in [3.8, 4) is 5.88 Å². The first-order chi connectivity index (χ1) is 6.79. The third-order valence-electron chi connectivity index (χ3n) is 1.80. The highest BCUT2D eigenvalue weighted by Gasteiger charge is 2.00. The summed E-state index contributed by atoms with van der Waals surface area (Å²) in [4.78, 5) is 13.2. The Bertz CT molecular complexity index is 459. The van der Waals surface area contributed by atoms with Crippen molar-refractivity contribution in [3.63, 3.8) is 0 Å². The lowest BCUT2D eigenvalue weighted by atomic mass is 10.2. The van der Waals surface area contributed by atoms with E-state index in [1.54, 1.807) is 18.2 Å². The molecule has 2 aromatic rings. The zero-order valence-corrected chi connectivity index (χ0v) is 7.53. The van der Waals surface area contributed by atoms with E-state index in [1.807, 2.05) is 0 Å². The number of pyridine rings is 1. The molecule has 2 rings (SSSR count). The highest BCUT2D eigenvalue weighted by Crippen LogP contribution is 2.17.